The number of amides is 2. The van der Waals surface area contributed by atoms with Gasteiger partial charge in [0.2, 0.25) is 11.4 Å². The highest BCUT2D eigenvalue weighted by molar-refractivity contribution is 6.31. The summed E-state index contributed by atoms with van der Waals surface area (Å²) < 4.78 is 14.6. The maximum atomic E-state index is 16.1. The van der Waals surface area contributed by atoms with Crippen molar-refractivity contribution in [3.8, 4) is 11.5 Å². The maximum Gasteiger partial charge on any atom is 0.326 e. The van der Waals surface area contributed by atoms with Crippen LogP contribution in [0.5, 0.6) is 11.5 Å². The number of benzene rings is 4. The number of nitrogens with zero attached hydrogens (tertiary/aromatic N) is 6. The van der Waals surface area contributed by atoms with Gasteiger partial charge in [-0.15, -0.1) is 0 Å². The van der Waals surface area contributed by atoms with Gasteiger partial charge in [-0.2, -0.15) is 0 Å². The fraction of sp³-hybridized carbons (Fsp3) is 0.255. The van der Waals surface area contributed by atoms with E-state index in [1.165, 1.54) is 11.1 Å². The molecule has 8 rings (SSSR count). The highest BCUT2D eigenvalue weighted by Gasteiger charge is 2.55. The van der Waals surface area contributed by atoms with Crippen molar-refractivity contribution in [1.82, 2.24) is 29.6 Å². The van der Waals surface area contributed by atoms with E-state index in [4.69, 9.17) is 32.7 Å². The number of hydrogen-bond donors (Lipinski definition) is 0. The zero-order chi connectivity index (χ0) is 40.1. The van der Waals surface area contributed by atoms with Gasteiger partial charge in [-0.3, -0.25) is 29.6 Å². The van der Waals surface area contributed by atoms with Crippen molar-refractivity contribution >= 4 is 29.2 Å². The Morgan fingerprint density at radius 2 is 1.02 bits per heavy atom. The van der Waals surface area contributed by atoms with Crippen molar-refractivity contribution in [3.63, 3.8) is 0 Å². The number of carbonyl (C=O) groups excluding carboxylic acids is 1. The molecule has 0 unspecified atom stereocenters. The number of ether oxygens (including phenoxy) is 2. The molecular weight excluding hydrogens is 767 g/mol. The average molecular weight is 814 g/mol. The lowest BCUT2D eigenvalue weighted by Crippen LogP contribution is -2.71. The van der Waals surface area contributed by atoms with Crippen molar-refractivity contribution in [2.75, 3.05) is 39.3 Å². The average Bonchev–Trinajstić information content (AvgIpc) is 3.24. The van der Waals surface area contributed by atoms with Gasteiger partial charge in [0, 0.05) is 85.2 Å². The largest absolute Gasteiger partial charge is 0.462 e. The minimum Gasteiger partial charge on any atom is -0.462 e. The Balaban J connectivity index is 1.27. The molecule has 0 spiro atoms. The van der Waals surface area contributed by atoms with E-state index in [9.17, 15) is 0 Å². The fourth-order valence-electron chi connectivity index (χ4n) is 8.17. The molecule has 0 aliphatic carbocycles. The fourth-order valence-corrected chi connectivity index (χ4v) is 8.62. The molecule has 6 aromatic rings. The molecule has 58 heavy (non-hydrogen) atoms. The number of hydrogen-bond acceptors (Lipinski definition) is 7. The van der Waals surface area contributed by atoms with E-state index in [1.54, 1.807) is 24.8 Å². The molecule has 2 aromatic heterocycles. The van der Waals surface area contributed by atoms with Crippen LogP contribution in [0, 0.1) is 13.8 Å². The van der Waals surface area contributed by atoms with Crippen LogP contribution in [0.2, 0.25) is 10.0 Å². The van der Waals surface area contributed by atoms with Gasteiger partial charge in [-0.1, -0.05) is 83.9 Å². The van der Waals surface area contributed by atoms with Crippen LogP contribution in [0.25, 0.3) is 0 Å². The zero-order valence-electron chi connectivity index (χ0n) is 32.7. The van der Waals surface area contributed by atoms with E-state index in [1.807, 2.05) is 96.4 Å². The molecule has 11 heteroatoms. The van der Waals surface area contributed by atoms with E-state index in [-0.39, 0.29) is 6.03 Å². The summed E-state index contributed by atoms with van der Waals surface area (Å²) in [6.07, 6.45) is 7.08. The van der Waals surface area contributed by atoms with Gasteiger partial charge < -0.3 is 9.47 Å². The molecule has 9 nitrogen and oxygen atoms in total. The quantitative estimate of drug-likeness (QED) is 0.137. The van der Waals surface area contributed by atoms with Crippen LogP contribution in [0.3, 0.4) is 0 Å². The van der Waals surface area contributed by atoms with Crippen LogP contribution in [0.1, 0.15) is 33.4 Å². The second-order valence-electron chi connectivity index (χ2n) is 15.1. The Kier molecular flexibility index (Phi) is 11.7. The summed E-state index contributed by atoms with van der Waals surface area (Å²) in [7, 11) is 0. The van der Waals surface area contributed by atoms with Crippen molar-refractivity contribution in [1.29, 1.82) is 0 Å². The predicted octanol–water partition coefficient (Wildman–Crippen LogP) is 9.32. The molecule has 2 fully saturated rings. The third kappa shape index (κ3) is 8.26. The Labute approximate surface area is 350 Å². The molecule has 2 aliphatic heterocycles. The summed E-state index contributed by atoms with van der Waals surface area (Å²) >= 11 is 12.9. The Hall–Kier alpha value is -5.45. The molecule has 0 bridgehead atoms. The van der Waals surface area contributed by atoms with Crippen molar-refractivity contribution < 1.29 is 14.3 Å². The molecule has 4 heterocycles. The smallest absolute Gasteiger partial charge is 0.326 e. The van der Waals surface area contributed by atoms with Crippen molar-refractivity contribution in [2.45, 2.75) is 38.4 Å². The number of carbonyl (C=O) groups is 1. The second kappa shape index (κ2) is 17.2. The topological polar surface area (TPSA) is 74.3 Å². The Morgan fingerprint density at radius 3 is 1.40 bits per heavy atom. The number of pyridine rings is 2. The van der Waals surface area contributed by atoms with Crippen LogP contribution >= 0.6 is 23.2 Å². The van der Waals surface area contributed by atoms with Gasteiger partial charge >= 0.3 is 6.03 Å². The highest BCUT2D eigenvalue weighted by atomic mass is 35.5. The zero-order valence-corrected chi connectivity index (χ0v) is 34.2. The highest BCUT2D eigenvalue weighted by Crippen LogP contribution is 2.43. The Morgan fingerprint density at radius 1 is 0.586 bits per heavy atom. The first kappa shape index (κ1) is 39.4. The summed E-state index contributed by atoms with van der Waals surface area (Å²) in [5.74, 6) is 1.23. The molecule has 2 atom stereocenters. The molecule has 0 radical (unpaired) electrons. The maximum absolute atomic E-state index is 16.1. The lowest BCUT2D eigenvalue weighted by molar-refractivity contribution is -0.156. The number of aryl methyl sites for hydroxylation is 2. The van der Waals surface area contributed by atoms with Crippen molar-refractivity contribution in [2.24, 2.45) is 0 Å². The monoisotopic (exact) mass is 812 g/mol. The van der Waals surface area contributed by atoms with E-state index in [0.717, 1.165) is 22.3 Å². The van der Waals surface area contributed by atoms with Gasteiger partial charge in [0.25, 0.3) is 0 Å². The first-order chi connectivity index (χ1) is 28.2. The Bertz CT molecular complexity index is 2160. The molecule has 0 N–H and O–H groups in total. The molecule has 2 amide bonds. The van der Waals surface area contributed by atoms with Crippen LogP contribution in [0.4, 0.5) is 4.79 Å². The molecule has 2 saturated heterocycles. The summed E-state index contributed by atoms with van der Waals surface area (Å²) in [5.41, 5.74) is 2.92. The number of aromatic nitrogens is 2. The van der Waals surface area contributed by atoms with Gasteiger partial charge in [-0.05, 0) is 96.8 Å². The van der Waals surface area contributed by atoms with E-state index < -0.39 is 11.4 Å². The second-order valence-corrected chi connectivity index (χ2v) is 15.9. The van der Waals surface area contributed by atoms with Gasteiger partial charge in [0.1, 0.15) is 11.5 Å². The molecule has 0 saturated carbocycles. The number of rotatable bonds is 10. The number of piperazine rings is 2. The van der Waals surface area contributed by atoms with Crippen LogP contribution in [0.15, 0.2) is 146 Å². The number of halogens is 2. The van der Waals surface area contributed by atoms with Gasteiger partial charge in [0.15, 0.2) is 0 Å². The van der Waals surface area contributed by atoms with Gasteiger partial charge in [0.05, 0.1) is 13.1 Å². The summed E-state index contributed by atoms with van der Waals surface area (Å²) in [4.78, 5) is 33.7. The third-order valence-corrected chi connectivity index (χ3v) is 11.5. The lowest BCUT2D eigenvalue weighted by atomic mass is 9.95. The minimum absolute atomic E-state index is 0.232. The first-order valence-electron chi connectivity index (χ1n) is 19.6. The third-order valence-electron chi connectivity index (χ3n) is 11.0. The molecular formula is C47H46Cl2N6O3. The number of urea groups is 1. The van der Waals surface area contributed by atoms with Crippen LogP contribution in [-0.4, -0.2) is 74.9 Å². The lowest BCUT2D eigenvalue weighted by Gasteiger charge is -2.55. The SMILES string of the molecule is Cc1cc(Cl)ccc1O[C@]1(c2cccnc2)CN(Cc2ccccc2)CCN1C(=O)N1CCN(Cc2ccccc2)C[C@]1(Oc1ccc(Cl)cc1C)c1cccnc1. The normalized spacial score (nSPS) is 20.1. The predicted molar refractivity (Wildman–Crippen MR) is 228 cm³/mol. The van der Waals surface area contributed by atoms with E-state index in [0.29, 0.717) is 73.9 Å². The summed E-state index contributed by atoms with van der Waals surface area (Å²) in [6.45, 7) is 7.95. The van der Waals surface area contributed by atoms with Gasteiger partial charge in [-0.25, -0.2) is 4.79 Å². The molecule has 2 aliphatic rings. The van der Waals surface area contributed by atoms with E-state index >= 15 is 4.79 Å². The molecule has 296 valence electrons. The first-order valence-corrected chi connectivity index (χ1v) is 20.3. The standard InChI is InChI=1S/C47H46Cl2N6O3/c1-35-27-41(48)17-19-43(35)57-46(39-15-9-21-50-29-39)33-52(31-37-11-5-3-6-12-37)23-25-54(46)45(56)55-26-24-53(32-38-13-7-4-8-14-38)34-47(55,40-16-10-22-51-30-40)58-44-20-18-42(49)28-36(44)2/h3-22,27-30H,23-26,31-34H2,1-2H3/t46-,47-/m0/s1. The van der Waals surface area contributed by atoms with E-state index in [2.05, 4.69) is 68.3 Å². The minimum atomic E-state index is -1.31. The van der Waals surface area contributed by atoms with Crippen LogP contribution < -0.4 is 9.47 Å². The van der Waals surface area contributed by atoms with Crippen LogP contribution in [-0.2, 0) is 24.5 Å². The summed E-state index contributed by atoms with van der Waals surface area (Å²) in [6, 6.07) is 39.4. The molecule has 4 aromatic carbocycles. The summed E-state index contributed by atoms with van der Waals surface area (Å²) in [5, 5.41) is 1.21. The van der Waals surface area contributed by atoms with Crippen molar-refractivity contribution in [3.05, 3.63) is 190 Å².